The van der Waals surface area contributed by atoms with Gasteiger partial charge in [-0.3, -0.25) is 0 Å². The van der Waals surface area contributed by atoms with Crippen LogP contribution in [0.4, 0.5) is 0 Å². The zero-order valence-corrected chi connectivity index (χ0v) is 9.16. The molecule has 0 aromatic heterocycles. The van der Waals surface area contributed by atoms with Gasteiger partial charge in [-0.15, -0.1) is 12.4 Å². The van der Waals surface area contributed by atoms with Gasteiger partial charge in [0.25, 0.3) is 0 Å². The normalized spacial score (nSPS) is 31.6. The Labute approximate surface area is 86.8 Å². The van der Waals surface area contributed by atoms with E-state index in [9.17, 15) is 0 Å². The molecule has 2 aliphatic rings. The Morgan fingerprint density at radius 2 is 1.92 bits per heavy atom. The second-order valence-corrected chi connectivity index (χ2v) is 4.28. The lowest BCUT2D eigenvalue weighted by Gasteiger charge is -2.33. The zero-order valence-electron chi connectivity index (χ0n) is 8.34. The molecule has 0 aromatic carbocycles. The highest BCUT2D eigenvalue weighted by Gasteiger charge is 2.39. The molecule has 13 heavy (non-hydrogen) atoms. The van der Waals surface area contributed by atoms with Crippen molar-refractivity contribution in [3.05, 3.63) is 0 Å². The maximum Gasteiger partial charge on any atom is 0.0713 e. The van der Waals surface area contributed by atoms with Crippen molar-refractivity contribution in [2.45, 2.75) is 50.2 Å². The molecule has 1 N–H and O–H groups in total. The third kappa shape index (κ3) is 2.36. The fourth-order valence-corrected chi connectivity index (χ4v) is 2.69. The largest absolute Gasteiger partial charge is 0.380 e. The predicted molar refractivity (Wildman–Crippen MR) is 56.5 cm³/mol. The lowest BCUT2D eigenvalue weighted by molar-refractivity contribution is 0.108. The van der Waals surface area contributed by atoms with E-state index in [0.29, 0.717) is 11.6 Å². The third-order valence-electron chi connectivity index (χ3n) is 3.47. The number of nitrogens with one attached hydrogen (secondary N) is 1. The van der Waals surface area contributed by atoms with E-state index in [0.717, 1.165) is 6.54 Å². The topological polar surface area (TPSA) is 21.3 Å². The van der Waals surface area contributed by atoms with Gasteiger partial charge >= 0.3 is 0 Å². The average molecular weight is 206 g/mol. The van der Waals surface area contributed by atoms with E-state index < -0.39 is 0 Å². The first-order chi connectivity index (χ1) is 5.85. The van der Waals surface area contributed by atoms with Crippen LogP contribution in [0.25, 0.3) is 0 Å². The number of methoxy groups -OCH3 is 1. The van der Waals surface area contributed by atoms with Crippen LogP contribution in [0.5, 0.6) is 0 Å². The van der Waals surface area contributed by atoms with E-state index in [-0.39, 0.29) is 12.4 Å². The second kappa shape index (κ2) is 4.63. The molecular weight excluding hydrogens is 186 g/mol. The predicted octanol–water partition coefficient (Wildman–Crippen LogP) is 2.12. The fraction of sp³-hybridized carbons (Fsp3) is 1.00. The Bertz CT molecular complexity index is 157. The van der Waals surface area contributed by atoms with Gasteiger partial charge in [0.05, 0.1) is 6.10 Å². The van der Waals surface area contributed by atoms with Crippen molar-refractivity contribution < 1.29 is 4.74 Å². The molecule has 3 heteroatoms. The van der Waals surface area contributed by atoms with Gasteiger partial charge in [0.2, 0.25) is 0 Å². The Kier molecular flexibility index (Phi) is 4.02. The van der Waals surface area contributed by atoms with E-state index >= 15 is 0 Å². The van der Waals surface area contributed by atoms with Gasteiger partial charge < -0.3 is 10.1 Å². The number of hydrogen-bond acceptors (Lipinski definition) is 2. The molecule has 0 radical (unpaired) electrons. The molecule has 1 saturated carbocycles. The van der Waals surface area contributed by atoms with Crippen LogP contribution in [0.2, 0.25) is 0 Å². The Morgan fingerprint density at radius 1 is 1.23 bits per heavy atom. The van der Waals surface area contributed by atoms with Crippen molar-refractivity contribution in [1.29, 1.82) is 0 Å². The summed E-state index contributed by atoms with van der Waals surface area (Å²) in [5, 5.41) is 3.65. The minimum absolute atomic E-state index is 0. The number of ether oxygens (including phenoxy) is 1. The van der Waals surface area contributed by atoms with Crippen molar-refractivity contribution in [3.63, 3.8) is 0 Å². The van der Waals surface area contributed by atoms with E-state index in [1.54, 1.807) is 0 Å². The van der Waals surface area contributed by atoms with Crippen molar-refractivity contribution in [2.75, 3.05) is 13.7 Å². The Balaban J connectivity index is 0.000000845. The van der Waals surface area contributed by atoms with Crippen LogP contribution in [0.15, 0.2) is 0 Å². The number of rotatable bonds is 1. The quantitative estimate of drug-likeness (QED) is 0.708. The standard InChI is InChI=1S/C10H19NO.ClH/c1-12-9-7-10(11-8-9)5-3-2-4-6-10;/h9,11H,2-8H2,1H3;1H. The first-order valence-electron chi connectivity index (χ1n) is 5.12. The summed E-state index contributed by atoms with van der Waals surface area (Å²) in [6, 6.07) is 0. The third-order valence-corrected chi connectivity index (χ3v) is 3.47. The maximum absolute atomic E-state index is 5.38. The van der Waals surface area contributed by atoms with Gasteiger partial charge in [-0.2, -0.15) is 0 Å². The van der Waals surface area contributed by atoms with E-state index in [1.807, 2.05) is 7.11 Å². The van der Waals surface area contributed by atoms with Crippen LogP contribution in [0.1, 0.15) is 38.5 Å². The van der Waals surface area contributed by atoms with Crippen LogP contribution in [-0.4, -0.2) is 25.3 Å². The molecule has 2 rings (SSSR count). The summed E-state index contributed by atoms with van der Waals surface area (Å²) in [6.07, 6.45) is 8.69. The summed E-state index contributed by atoms with van der Waals surface area (Å²) in [5.74, 6) is 0. The van der Waals surface area contributed by atoms with Crippen LogP contribution < -0.4 is 5.32 Å². The lowest BCUT2D eigenvalue weighted by atomic mass is 9.80. The summed E-state index contributed by atoms with van der Waals surface area (Å²) >= 11 is 0. The molecule has 1 saturated heterocycles. The molecule has 0 amide bonds. The van der Waals surface area contributed by atoms with Crippen molar-refractivity contribution in [2.24, 2.45) is 0 Å². The van der Waals surface area contributed by atoms with Gasteiger partial charge in [-0.25, -0.2) is 0 Å². The molecule has 1 heterocycles. The highest BCUT2D eigenvalue weighted by molar-refractivity contribution is 5.85. The van der Waals surface area contributed by atoms with Crippen LogP contribution in [0, 0.1) is 0 Å². The van der Waals surface area contributed by atoms with Gasteiger partial charge in [0.1, 0.15) is 0 Å². The summed E-state index contributed by atoms with van der Waals surface area (Å²) in [6.45, 7) is 1.07. The average Bonchev–Trinajstić information content (AvgIpc) is 2.50. The molecule has 1 aliphatic heterocycles. The van der Waals surface area contributed by atoms with Crippen LogP contribution in [0.3, 0.4) is 0 Å². The van der Waals surface area contributed by atoms with Gasteiger partial charge in [-0.1, -0.05) is 19.3 Å². The van der Waals surface area contributed by atoms with E-state index in [2.05, 4.69) is 5.32 Å². The smallest absolute Gasteiger partial charge is 0.0713 e. The molecule has 0 aromatic rings. The van der Waals surface area contributed by atoms with Crippen molar-refractivity contribution in [3.8, 4) is 0 Å². The molecule has 78 valence electrons. The summed E-state index contributed by atoms with van der Waals surface area (Å²) < 4.78 is 5.38. The van der Waals surface area contributed by atoms with Gasteiger partial charge in [0.15, 0.2) is 0 Å². The second-order valence-electron chi connectivity index (χ2n) is 4.28. The Morgan fingerprint density at radius 3 is 2.46 bits per heavy atom. The van der Waals surface area contributed by atoms with Crippen LogP contribution >= 0.6 is 12.4 Å². The monoisotopic (exact) mass is 205 g/mol. The molecule has 0 bridgehead atoms. The molecule has 1 unspecified atom stereocenters. The SMILES string of the molecule is COC1CNC2(CCCCC2)C1.Cl. The highest BCUT2D eigenvalue weighted by atomic mass is 35.5. The molecule has 1 aliphatic carbocycles. The summed E-state index contributed by atoms with van der Waals surface area (Å²) in [7, 11) is 1.83. The summed E-state index contributed by atoms with van der Waals surface area (Å²) in [5.41, 5.74) is 0.471. The minimum Gasteiger partial charge on any atom is -0.380 e. The van der Waals surface area contributed by atoms with Gasteiger partial charge in [-0.05, 0) is 19.3 Å². The molecule has 2 fully saturated rings. The molecule has 2 nitrogen and oxygen atoms in total. The van der Waals surface area contributed by atoms with Crippen molar-refractivity contribution in [1.82, 2.24) is 5.32 Å². The zero-order chi connectivity index (χ0) is 8.44. The van der Waals surface area contributed by atoms with Crippen LogP contribution in [-0.2, 0) is 4.74 Å². The highest BCUT2D eigenvalue weighted by Crippen LogP contribution is 2.35. The first kappa shape index (κ1) is 11.3. The van der Waals surface area contributed by atoms with Crippen molar-refractivity contribution >= 4 is 12.4 Å². The first-order valence-corrected chi connectivity index (χ1v) is 5.12. The van der Waals surface area contributed by atoms with E-state index in [1.165, 1.54) is 38.5 Å². The molecule has 1 spiro atoms. The minimum atomic E-state index is 0. The molecular formula is C10H20ClNO. The summed E-state index contributed by atoms with van der Waals surface area (Å²) in [4.78, 5) is 0. The number of hydrogen-bond donors (Lipinski definition) is 1. The maximum atomic E-state index is 5.38. The molecule has 1 atom stereocenters. The fourth-order valence-electron chi connectivity index (χ4n) is 2.69. The van der Waals surface area contributed by atoms with Gasteiger partial charge in [0, 0.05) is 19.2 Å². The Hall–Kier alpha value is 0.210. The lowest BCUT2D eigenvalue weighted by Crippen LogP contribution is -2.41. The number of halogens is 1. The van der Waals surface area contributed by atoms with E-state index in [4.69, 9.17) is 4.74 Å².